The quantitative estimate of drug-likeness (QED) is 0.260. The van der Waals surface area contributed by atoms with Gasteiger partial charge in [-0.05, 0) is 93.1 Å². The molecule has 5 aliphatic rings. The zero-order valence-corrected chi connectivity index (χ0v) is 22.9. The van der Waals surface area contributed by atoms with Crippen LogP contribution in [-0.2, 0) is 14.3 Å². The van der Waals surface area contributed by atoms with E-state index in [2.05, 4.69) is 6.92 Å². The number of hydrogen-bond acceptors (Lipinski definition) is 10. The second-order valence-corrected chi connectivity index (χ2v) is 13.3. The summed E-state index contributed by atoms with van der Waals surface area (Å²) in [5.74, 6) is 0.192. The first-order valence-corrected chi connectivity index (χ1v) is 14.8. The van der Waals surface area contributed by atoms with Crippen LogP contribution in [0.2, 0.25) is 0 Å². The van der Waals surface area contributed by atoms with E-state index in [4.69, 9.17) is 13.9 Å². The van der Waals surface area contributed by atoms with Crippen molar-refractivity contribution in [1.29, 1.82) is 0 Å². The Hall–Kier alpha value is -1.66. The number of rotatable bonds is 5. The second-order valence-electron chi connectivity index (χ2n) is 13.3. The average Bonchev–Trinajstić information content (AvgIpc) is 3.24. The Morgan fingerprint density at radius 1 is 1.00 bits per heavy atom. The molecule has 6 rings (SSSR count). The van der Waals surface area contributed by atoms with Crippen molar-refractivity contribution >= 4 is 6.29 Å². The fourth-order valence-electron chi connectivity index (χ4n) is 9.71. The monoisotopic (exact) mass is 562 g/mol. The van der Waals surface area contributed by atoms with Crippen molar-refractivity contribution in [2.75, 3.05) is 6.61 Å². The Bertz CT molecular complexity index is 1130. The second kappa shape index (κ2) is 10.3. The smallest absolute Gasteiger partial charge is 0.335 e. The molecule has 10 nitrogen and oxygen atoms in total. The summed E-state index contributed by atoms with van der Waals surface area (Å²) < 4.78 is 16.8. The predicted molar refractivity (Wildman–Crippen MR) is 140 cm³/mol. The van der Waals surface area contributed by atoms with E-state index in [0.717, 1.165) is 44.0 Å². The van der Waals surface area contributed by atoms with Crippen LogP contribution >= 0.6 is 0 Å². The summed E-state index contributed by atoms with van der Waals surface area (Å²) in [6.45, 7) is 1.65. The van der Waals surface area contributed by atoms with E-state index in [0.29, 0.717) is 25.7 Å². The first kappa shape index (κ1) is 28.5. The molecule has 0 aromatic carbocycles. The summed E-state index contributed by atoms with van der Waals surface area (Å²) >= 11 is 0. The first-order chi connectivity index (χ1) is 19.1. The normalized spacial score (nSPS) is 50.5. The van der Waals surface area contributed by atoms with Crippen LogP contribution in [0.15, 0.2) is 27.6 Å². The molecule has 222 valence electrons. The molecule has 1 saturated heterocycles. The van der Waals surface area contributed by atoms with Gasteiger partial charge in [0.05, 0.1) is 24.6 Å². The molecule has 5 N–H and O–H groups in total. The largest absolute Gasteiger partial charge is 0.431 e. The Morgan fingerprint density at radius 2 is 1.80 bits per heavy atom. The lowest BCUT2D eigenvalue weighted by atomic mass is 9.43. The number of carbonyl (C=O) groups excluding carboxylic acids is 1. The molecular formula is C30H42O10. The van der Waals surface area contributed by atoms with Crippen molar-refractivity contribution in [2.45, 2.75) is 113 Å². The van der Waals surface area contributed by atoms with Gasteiger partial charge in [-0.1, -0.05) is 6.92 Å². The lowest BCUT2D eigenvalue weighted by Crippen LogP contribution is -2.63. The van der Waals surface area contributed by atoms with Crippen LogP contribution < -0.4 is 5.63 Å². The first-order valence-electron chi connectivity index (χ1n) is 14.8. The highest BCUT2D eigenvalue weighted by molar-refractivity contribution is 5.62. The maximum atomic E-state index is 13.0. The molecule has 40 heavy (non-hydrogen) atoms. The minimum Gasteiger partial charge on any atom is -0.431 e. The van der Waals surface area contributed by atoms with E-state index in [-0.39, 0.29) is 40.8 Å². The van der Waals surface area contributed by atoms with E-state index < -0.39 is 48.3 Å². The average molecular weight is 563 g/mol. The fraction of sp³-hybridized carbons (Fsp3) is 0.800. The summed E-state index contributed by atoms with van der Waals surface area (Å²) in [5.41, 5.74) is -1.30. The van der Waals surface area contributed by atoms with Gasteiger partial charge in [0.1, 0.15) is 30.7 Å². The zero-order chi connectivity index (χ0) is 28.4. The highest BCUT2D eigenvalue weighted by atomic mass is 16.7. The molecule has 0 unspecified atom stereocenters. The maximum Gasteiger partial charge on any atom is 0.335 e. The summed E-state index contributed by atoms with van der Waals surface area (Å²) in [5, 5.41) is 52.6. The van der Waals surface area contributed by atoms with Crippen LogP contribution in [0.3, 0.4) is 0 Å². The maximum absolute atomic E-state index is 13.0. The predicted octanol–water partition coefficient (Wildman–Crippen LogP) is 1.25. The molecule has 0 bridgehead atoms. The molecule has 13 atom stereocenters. The molecule has 0 amide bonds. The van der Waals surface area contributed by atoms with Gasteiger partial charge in [0.25, 0.3) is 0 Å². The lowest BCUT2D eigenvalue weighted by molar-refractivity contribution is -0.316. The number of ether oxygens (including phenoxy) is 2. The fourth-order valence-corrected chi connectivity index (χ4v) is 9.71. The molecule has 1 aromatic rings. The van der Waals surface area contributed by atoms with Gasteiger partial charge < -0.3 is 44.2 Å². The summed E-state index contributed by atoms with van der Waals surface area (Å²) in [7, 11) is 0. The van der Waals surface area contributed by atoms with Gasteiger partial charge in [-0.2, -0.15) is 0 Å². The van der Waals surface area contributed by atoms with Gasteiger partial charge in [-0.25, -0.2) is 4.79 Å². The summed E-state index contributed by atoms with van der Waals surface area (Å²) in [4.78, 5) is 24.5. The van der Waals surface area contributed by atoms with Gasteiger partial charge in [0.15, 0.2) is 6.29 Å². The van der Waals surface area contributed by atoms with Crippen LogP contribution in [0.4, 0.5) is 0 Å². The molecule has 0 radical (unpaired) electrons. The van der Waals surface area contributed by atoms with E-state index in [1.54, 1.807) is 0 Å². The molecular weight excluding hydrogens is 520 g/mol. The van der Waals surface area contributed by atoms with Crippen LogP contribution in [-0.4, -0.2) is 80.8 Å². The van der Waals surface area contributed by atoms with Crippen molar-refractivity contribution in [2.24, 2.45) is 28.6 Å². The highest BCUT2D eigenvalue weighted by Crippen LogP contribution is 2.70. The number of aldehydes is 1. The Balaban J connectivity index is 1.19. The Morgan fingerprint density at radius 3 is 2.50 bits per heavy atom. The van der Waals surface area contributed by atoms with Crippen LogP contribution in [0.1, 0.15) is 76.2 Å². The highest BCUT2D eigenvalue weighted by Gasteiger charge is 2.68. The minimum atomic E-state index is -1.50. The van der Waals surface area contributed by atoms with Crippen molar-refractivity contribution in [3.63, 3.8) is 0 Å². The Kier molecular flexibility index (Phi) is 7.30. The third kappa shape index (κ3) is 4.09. The van der Waals surface area contributed by atoms with E-state index in [1.807, 2.05) is 6.07 Å². The lowest BCUT2D eigenvalue weighted by Gasteiger charge is -2.63. The number of fused-ring (bicyclic) bond motifs is 5. The molecule has 10 heteroatoms. The molecule has 4 aliphatic carbocycles. The molecule has 5 fully saturated rings. The molecule has 1 aromatic heterocycles. The minimum absolute atomic E-state index is 0.00339. The SMILES string of the molecule is C[C@]12CC[C@H]3[C@@H](CC[C@@H]4C[C@@H](O[C@@H]5O[C@H](CO)[C@@H](O)[C@H](O)[C@H]5O)CC[C@@]43C=O)[C@@]1(O)CC[C@@H]2c1ccc(=O)oc1. The van der Waals surface area contributed by atoms with Crippen molar-refractivity contribution < 1.29 is 44.2 Å². The third-order valence-electron chi connectivity index (χ3n) is 11.9. The van der Waals surface area contributed by atoms with Crippen molar-refractivity contribution in [3.05, 3.63) is 34.4 Å². The molecule has 1 aliphatic heterocycles. The third-order valence-corrected chi connectivity index (χ3v) is 11.9. The van der Waals surface area contributed by atoms with E-state index >= 15 is 0 Å². The standard InChI is InChI=1S/C30H42O10/c1-28-9-7-20-21(30(28,37)11-8-19(28)16-2-5-23(33)38-14-16)4-3-17-12-18(6-10-29(17,20)15-32)39-27-26(36)25(35)24(34)22(13-31)40-27/h2,5,14-15,17-22,24-27,31,34-37H,3-4,6-13H2,1H3/t17-,18+,19-,20+,21-,22-,24-,25+,26-,27-,28-,29-,30+/m1/s1. The molecule has 0 spiro atoms. The number of aliphatic hydroxyl groups is 5. The van der Waals surface area contributed by atoms with Crippen molar-refractivity contribution in [1.82, 2.24) is 0 Å². The van der Waals surface area contributed by atoms with E-state index in [1.165, 1.54) is 12.3 Å². The van der Waals surface area contributed by atoms with Gasteiger partial charge in [0, 0.05) is 16.9 Å². The van der Waals surface area contributed by atoms with E-state index in [9.17, 15) is 35.1 Å². The van der Waals surface area contributed by atoms with Gasteiger partial charge in [-0.3, -0.25) is 0 Å². The number of carbonyl (C=O) groups is 1. The zero-order valence-electron chi connectivity index (χ0n) is 22.9. The topological polar surface area (TPSA) is 167 Å². The van der Waals surface area contributed by atoms with Gasteiger partial charge >= 0.3 is 5.63 Å². The summed E-state index contributed by atoms with van der Waals surface area (Å²) in [6, 6.07) is 3.26. The van der Waals surface area contributed by atoms with Crippen LogP contribution in [0, 0.1) is 28.6 Å². The van der Waals surface area contributed by atoms with Crippen LogP contribution in [0.5, 0.6) is 0 Å². The number of aliphatic hydroxyl groups excluding tert-OH is 4. The Labute approximate surface area is 233 Å². The van der Waals surface area contributed by atoms with Crippen molar-refractivity contribution in [3.8, 4) is 0 Å². The van der Waals surface area contributed by atoms with Gasteiger partial charge in [-0.15, -0.1) is 0 Å². The molecule has 4 saturated carbocycles. The van der Waals surface area contributed by atoms with Crippen LogP contribution in [0.25, 0.3) is 0 Å². The van der Waals surface area contributed by atoms with Gasteiger partial charge in [0.2, 0.25) is 0 Å². The number of hydrogen-bond donors (Lipinski definition) is 5. The molecule has 2 heterocycles. The summed E-state index contributed by atoms with van der Waals surface area (Å²) in [6.07, 6.45) is 2.17.